The third-order valence-electron chi connectivity index (χ3n) is 8.04. The van der Waals surface area contributed by atoms with Gasteiger partial charge in [-0.25, -0.2) is 18.9 Å². The highest BCUT2D eigenvalue weighted by Crippen LogP contribution is 2.35. The van der Waals surface area contributed by atoms with Crippen molar-refractivity contribution in [3.05, 3.63) is 87.3 Å². The Morgan fingerprint density at radius 2 is 1.92 bits per heavy atom. The van der Waals surface area contributed by atoms with Gasteiger partial charge in [-0.1, -0.05) is 41.8 Å². The van der Waals surface area contributed by atoms with Crippen LogP contribution in [-0.4, -0.2) is 64.0 Å². The van der Waals surface area contributed by atoms with Crippen molar-refractivity contribution in [2.75, 3.05) is 11.9 Å². The summed E-state index contributed by atoms with van der Waals surface area (Å²) in [6, 6.07) is 6.52. The second-order valence-electron chi connectivity index (χ2n) is 11.3. The molecule has 0 aliphatic carbocycles. The van der Waals surface area contributed by atoms with Crippen molar-refractivity contribution in [2.24, 2.45) is 5.92 Å². The van der Waals surface area contributed by atoms with Crippen LogP contribution in [0.15, 0.2) is 60.0 Å². The summed E-state index contributed by atoms with van der Waals surface area (Å²) < 4.78 is 61.8. The second kappa shape index (κ2) is 14.0. The first-order valence-corrected chi connectivity index (χ1v) is 15.8. The second-order valence-corrected chi connectivity index (χ2v) is 12.1. The number of alkyl halides is 3. The monoisotopic (exact) mass is 733 g/mol. The Morgan fingerprint density at radius 1 is 1.12 bits per heavy atom. The zero-order valence-electron chi connectivity index (χ0n) is 25.9. The van der Waals surface area contributed by atoms with E-state index in [4.69, 9.17) is 23.2 Å². The number of hydrogen-bond donors (Lipinski definition) is 1. The molecule has 2 atom stereocenters. The third kappa shape index (κ3) is 7.09. The average Bonchev–Trinajstić information content (AvgIpc) is 3.69. The van der Waals surface area contributed by atoms with Crippen LogP contribution >= 0.6 is 23.2 Å². The predicted octanol–water partition coefficient (Wildman–Crippen LogP) is 5.65. The number of nitrogens with one attached hydrogen (secondary N) is 1. The van der Waals surface area contributed by atoms with Crippen molar-refractivity contribution in [2.45, 2.75) is 44.9 Å². The van der Waals surface area contributed by atoms with Crippen LogP contribution in [0, 0.1) is 11.7 Å². The highest BCUT2D eigenvalue weighted by molar-refractivity contribution is 6.31. The molecule has 1 aliphatic rings. The molecule has 4 aromatic heterocycles. The van der Waals surface area contributed by atoms with Crippen LogP contribution in [0.25, 0.3) is 28.2 Å². The molecule has 19 heteroatoms. The molecule has 260 valence electrons. The van der Waals surface area contributed by atoms with Crippen LogP contribution in [0.5, 0.6) is 0 Å². The normalized spacial score (nSPS) is 16.6. The van der Waals surface area contributed by atoms with Gasteiger partial charge in [0.2, 0.25) is 5.91 Å². The Bertz CT molecular complexity index is 2150. The van der Waals surface area contributed by atoms with Gasteiger partial charge in [0.25, 0.3) is 5.56 Å². The van der Waals surface area contributed by atoms with Crippen molar-refractivity contribution in [3.8, 4) is 28.2 Å². The first-order valence-electron chi connectivity index (χ1n) is 15.0. The number of halogens is 6. The molecule has 50 heavy (non-hydrogen) atoms. The van der Waals surface area contributed by atoms with Crippen molar-refractivity contribution in [1.29, 1.82) is 0 Å². The number of aromatic nitrogens is 8. The highest BCUT2D eigenvalue weighted by Gasteiger charge is 2.41. The minimum atomic E-state index is -5.16. The molecule has 5 aromatic rings. The Balaban J connectivity index is 1.40. The van der Waals surface area contributed by atoms with Crippen LogP contribution in [0.4, 0.5) is 23.2 Å². The fraction of sp³-hybridized carbons (Fsp3) is 0.290. The Hall–Kier alpha value is -5.16. The third-order valence-corrected chi connectivity index (χ3v) is 8.50. The maximum absolute atomic E-state index is 15.5. The number of anilines is 1. The van der Waals surface area contributed by atoms with Gasteiger partial charge in [-0.05, 0) is 37.1 Å². The summed E-state index contributed by atoms with van der Waals surface area (Å²) in [5.41, 5.74) is 0.958. The molecule has 0 saturated heterocycles. The summed E-state index contributed by atoms with van der Waals surface area (Å²) >= 11 is 12.0. The number of esters is 1. The topological polar surface area (TPSA) is 152 Å². The molecule has 1 amide bonds. The zero-order chi connectivity index (χ0) is 35.7. The van der Waals surface area contributed by atoms with Crippen molar-refractivity contribution in [3.63, 3.8) is 0 Å². The highest BCUT2D eigenvalue weighted by atomic mass is 35.5. The summed E-state index contributed by atoms with van der Waals surface area (Å²) in [5, 5.41) is 14.5. The maximum atomic E-state index is 15.5. The first-order chi connectivity index (χ1) is 23.8. The van der Waals surface area contributed by atoms with E-state index in [9.17, 15) is 27.6 Å². The molecule has 13 nitrogen and oxygen atoms in total. The molecule has 0 fully saturated rings. The SMILES string of the molecule is C[C@@H]1CCC[C@H](n2cnc(-c3c(-n4cc(Cl)nn4)ccc(Cl)c3F)cc2=O)c2cc(ccn2)-c2c(cnn2CCOC(=O)C(F)(F)F)NC1=O. The van der Waals surface area contributed by atoms with E-state index in [1.54, 1.807) is 19.1 Å². The largest absolute Gasteiger partial charge is 0.490 e. The number of hydrogen-bond acceptors (Lipinski definition) is 9. The Labute approximate surface area is 289 Å². The van der Waals surface area contributed by atoms with Gasteiger partial charge in [0.15, 0.2) is 11.0 Å². The summed E-state index contributed by atoms with van der Waals surface area (Å²) in [6.07, 6.45) is 1.55. The van der Waals surface area contributed by atoms with Crippen molar-refractivity contribution >= 4 is 40.8 Å². The molecule has 6 rings (SSSR count). The van der Waals surface area contributed by atoms with Gasteiger partial charge in [-0.2, -0.15) is 18.3 Å². The molecule has 0 spiro atoms. The lowest BCUT2D eigenvalue weighted by Crippen LogP contribution is -2.27. The molecule has 0 radical (unpaired) electrons. The van der Waals surface area contributed by atoms with Crippen LogP contribution in [-0.2, 0) is 20.9 Å². The summed E-state index contributed by atoms with van der Waals surface area (Å²) in [4.78, 5) is 47.1. The summed E-state index contributed by atoms with van der Waals surface area (Å²) in [6.45, 7) is 0.817. The molecule has 2 bridgehead atoms. The Kier molecular flexibility index (Phi) is 9.71. The van der Waals surface area contributed by atoms with E-state index < -0.39 is 42.1 Å². The lowest BCUT2D eigenvalue weighted by atomic mass is 9.97. The van der Waals surface area contributed by atoms with E-state index in [0.717, 1.165) is 6.07 Å². The zero-order valence-corrected chi connectivity index (χ0v) is 27.4. The number of benzene rings is 1. The summed E-state index contributed by atoms with van der Waals surface area (Å²) in [7, 11) is 0. The maximum Gasteiger partial charge on any atom is 0.490 e. The van der Waals surface area contributed by atoms with Gasteiger partial charge < -0.3 is 10.1 Å². The average molecular weight is 734 g/mol. The van der Waals surface area contributed by atoms with Crippen LogP contribution in [0.1, 0.15) is 37.9 Å². The van der Waals surface area contributed by atoms with E-state index in [2.05, 4.69) is 35.4 Å². The van der Waals surface area contributed by atoms with Gasteiger partial charge in [0.05, 0.1) is 70.4 Å². The lowest BCUT2D eigenvalue weighted by molar-refractivity contribution is -0.199. The number of nitrogens with zero attached hydrogens (tertiary/aromatic N) is 8. The van der Waals surface area contributed by atoms with Gasteiger partial charge in [0.1, 0.15) is 6.61 Å². The smallest absolute Gasteiger partial charge is 0.457 e. The molecule has 0 unspecified atom stereocenters. The first kappa shape index (κ1) is 34.7. The van der Waals surface area contributed by atoms with E-state index in [1.165, 1.54) is 51.0 Å². The molecule has 1 aromatic carbocycles. The molecular formula is C31H25Cl2F4N9O4. The fourth-order valence-corrected chi connectivity index (χ4v) is 5.87. The predicted molar refractivity (Wildman–Crippen MR) is 171 cm³/mol. The van der Waals surface area contributed by atoms with Crippen LogP contribution in [0.2, 0.25) is 10.2 Å². The molecule has 1 aliphatic heterocycles. The van der Waals surface area contributed by atoms with Gasteiger partial charge in [-0.3, -0.25) is 23.8 Å². The molecule has 1 N–H and O–H groups in total. The number of rotatable bonds is 6. The van der Waals surface area contributed by atoms with Gasteiger partial charge in [-0.15, -0.1) is 5.10 Å². The fourth-order valence-electron chi connectivity index (χ4n) is 5.59. The summed E-state index contributed by atoms with van der Waals surface area (Å²) in [5.74, 6) is -3.98. The number of pyridine rings is 1. The van der Waals surface area contributed by atoms with Crippen LogP contribution < -0.4 is 10.9 Å². The Morgan fingerprint density at radius 3 is 2.64 bits per heavy atom. The van der Waals surface area contributed by atoms with Crippen molar-refractivity contribution in [1.82, 2.24) is 39.3 Å². The standard InChI is InChI=1S/C31H25Cl2F4N9O4/c1-16-3-2-4-22(44-15-39-20(12-25(44)47)26-23(6-5-18(32)27(26)34)46-14-24(33)42-43-46)19-11-17(7-8-38-19)28-21(41-29(16)48)13-40-45(28)9-10-50-30(49)31(35,36)37/h5-8,11-16,22H,2-4,9-10H2,1H3,(H,41,48)/t16-,22+/m1/s1. The minimum absolute atomic E-state index is 0.0344. The van der Waals surface area contributed by atoms with E-state index in [0.29, 0.717) is 36.2 Å². The van der Waals surface area contributed by atoms with E-state index >= 15 is 4.39 Å². The quantitative estimate of drug-likeness (QED) is 0.172. The van der Waals surface area contributed by atoms with E-state index in [-0.39, 0.29) is 45.3 Å². The van der Waals surface area contributed by atoms with E-state index in [1.807, 2.05) is 0 Å². The number of amides is 1. The molecular weight excluding hydrogens is 709 g/mol. The number of carbonyl (C=O) groups is 2. The van der Waals surface area contributed by atoms with Gasteiger partial charge >= 0.3 is 12.1 Å². The number of fused-ring (bicyclic) bond motifs is 4. The molecule has 5 heterocycles. The lowest BCUT2D eigenvalue weighted by Gasteiger charge is -2.22. The minimum Gasteiger partial charge on any atom is -0.457 e. The number of carbonyl (C=O) groups excluding carboxylic acids is 2. The molecule has 0 saturated carbocycles. The van der Waals surface area contributed by atoms with Gasteiger partial charge in [0, 0.05) is 23.7 Å². The van der Waals surface area contributed by atoms with Crippen molar-refractivity contribution < 1.29 is 31.9 Å². The van der Waals surface area contributed by atoms with Crippen LogP contribution in [0.3, 0.4) is 0 Å². The number of ether oxygens (including phenoxy) is 1.